The van der Waals surface area contributed by atoms with Gasteiger partial charge in [0.25, 0.3) is 0 Å². The van der Waals surface area contributed by atoms with Gasteiger partial charge in [-0.2, -0.15) is 0 Å². The summed E-state index contributed by atoms with van der Waals surface area (Å²) in [5.41, 5.74) is 26.6. The lowest BCUT2D eigenvalue weighted by molar-refractivity contribution is -0.133. The number of nitrogens with zero attached hydrogens (tertiary/aromatic N) is 1. The van der Waals surface area contributed by atoms with Crippen LogP contribution in [0.4, 0.5) is 0 Å². The third-order valence-electron chi connectivity index (χ3n) is 5.60. The largest absolute Gasteiger partial charge is 0.370 e. The van der Waals surface area contributed by atoms with Crippen LogP contribution in [0.25, 0.3) is 0 Å². The van der Waals surface area contributed by atoms with E-state index in [-0.39, 0.29) is 31.8 Å². The van der Waals surface area contributed by atoms with Crippen molar-refractivity contribution in [2.24, 2.45) is 39.6 Å². The summed E-state index contributed by atoms with van der Waals surface area (Å²) in [6, 6.07) is -3.65. The summed E-state index contributed by atoms with van der Waals surface area (Å²) in [5, 5.41) is 3.90. The van der Waals surface area contributed by atoms with Crippen molar-refractivity contribution in [3.05, 3.63) is 71.7 Å². The van der Waals surface area contributed by atoms with Gasteiger partial charge in [0, 0.05) is 33.9 Å². The molecule has 2 aromatic rings. The predicted octanol–water partition coefficient (Wildman–Crippen LogP) is 0.0120. The monoisotopic (exact) mass is 610 g/mol. The van der Waals surface area contributed by atoms with Crippen molar-refractivity contribution in [1.29, 1.82) is 0 Å². The first-order valence-corrected chi connectivity index (χ1v) is 12.9. The summed E-state index contributed by atoms with van der Waals surface area (Å²) >= 11 is 0. The molecule has 2 rings (SSSR count). The molecular weight excluding hydrogens is 548 g/mol. The Bertz CT molecular complexity index is 1900. The van der Waals surface area contributed by atoms with Crippen LogP contribution >= 0.6 is 0 Å². The van der Waals surface area contributed by atoms with E-state index >= 15 is 0 Å². The van der Waals surface area contributed by atoms with E-state index in [1.807, 2.05) is 0 Å². The topological polar surface area (TPSA) is 235 Å². The second-order valence-corrected chi connectivity index (χ2v) is 8.90. The maximum Gasteiger partial charge on any atom is 0.239 e. The summed E-state index contributed by atoms with van der Waals surface area (Å²) < 4.78 is 133. The zero-order chi connectivity index (χ0) is 45.9. The van der Waals surface area contributed by atoms with Gasteiger partial charge >= 0.3 is 0 Å². The average Bonchev–Trinajstić information content (AvgIpc) is 3.12. The number of nitrogens with two attached hydrogens (primary N) is 5. The predicted molar refractivity (Wildman–Crippen MR) is 167 cm³/mol. The number of rotatable bonds is 20. The lowest BCUT2D eigenvalue weighted by Crippen LogP contribution is -2.51. The first kappa shape index (κ1) is 17.7. The number of carbonyl (C=O) groups excluding carboxylic acids is 4. The second kappa shape index (κ2) is 19.0. The Morgan fingerprint density at radius 3 is 2.23 bits per heavy atom. The van der Waals surface area contributed by atoms with Gasteiger partial charge < -0.3 is 39.3 Å². The normalized spacial score (nSPS) is 21.4. The van der Waals surface area contributed by atoms with Crippen LogP contribution < -0.4 is 39.3 Å². The van der Waals surface area contributed by atoms with Crippen molar-refractivity contribution in [3.63, 3.8) is 0 Å². The van der Waals surface area contributed by atoms with E-state index in [1.54, 1.807) is 30.3 Å². The minimum atomic E-state index is -4.17. The van der Waals surface area contributed by atoms with Gasteiger partial charge in [0.15, 0.2) is 11.7 Å². The minimum Gasteiger partial charge on any atom is -0.370 e. The van der Waals surface area contributed by atoms with Gasteiger partial charge in [-0.1, -0.05) is 60.5 Å². The van der Waals surface area contributed by atoms with Crippen LogP contribution in [0.3, 0.4) is 0 Å². The molecule has 43 heavy (non-hydrogen) atoms. The first-order valence-electron chi connectivity index (χ1n) is 20.9. The number of amides is 3. The van der Waals surface area contributed by atoms with Crippen LogP contribution in [-0.4, -0.2) is 60.6 Å². The van der Waals surface area contributed by atoms with Crippen LogP contribution in [-0.2, 0) is 32.0 Å². The number of benzene rings is 2. The summed E-state index contributed by atoms with van der Waals surface area (Å²) in [6.07, 6.45) is -18.3. The van der Waals surface area contributed by atoms with E-state index in [1.165, 1.54) is 5.32 Å². The average molecular weight is 611 g/mol. The number of carbonyl (C=O) groups is 4. The number of nitrogens with one attached hydrogen (secondary N) is 2. The van der Waals surface area contributed by atoms with Crippen LogP contribution in [0.15, 0.2) is 65.5 Å². The number of Topliss-reactive ketones (excluding diaryl/α,β-unsaturated/α-hetero) is 1. The Hall–Kier alpha value is -4.29. The lowest BCUT2D eigenvalue weighted by atomic mass is 9.89. The van der Waals surface area contributed by atoms with Gasteiger partial charge in [-0.05, 0) is 62.4 Å². The van der Waals surface area contributed by atoms with E-state index in [4.69, 9.17) is 49.2 Å². The first-order chi connectivity index (χ1) is 26.7. The molecule has 0 aliphatic carbocycles. The zero-order valence-electron chi connectivity index (χ0n) is 39.1. The van der Waals surface area contributed by atoms with Crippen molar-refractivity contribution in [2.45, 2.75) is 69.3 Å². The minimum absolute atomic E-state index is 0.0436. The smallest absolute Gasteiger partial charge is 0.239 e. The molecular formula is C31H46N8O4. The number of guanidine groups is 1. The van der Waals surface area contributed by atoms with Gasteiger partial charge in [0.1, 0.15) is 6.04 Å². The summed E-state index contributed by atoms with van der Waals surface area (Å²) in [4.78, 5) is 58.4. The highest BCUT2D eigenvalue weighted by Gasteiger charge is 2.30. The van der Waals surface area contributed by atoms with Crippen LogP contribution in [0, 0.1) is 5.89 Å². The summed E-state index contributed by atoms with van der Waals surface area (Å²) in [6.45, 7) is -3.79. The molecule has 12 nitrogen and oxygen atoms in total. The zero-order valence-corrected chi connectivity index (χ0v) is 23.1. The molecule has 0 bridgehead atoms. The molecule has 3 amide bonds. The number of primary amides is 1. The van der Waals surface area contributed by atoms with Crippen molar-refractivity contribution >= 4 is 29.5 Å². The van der Waals surface area contributed by atoms with Crippen LogP contribution in [0.2, 0.25) is 0 Å². The Morgan fingerprint density at radius 1 is 0.930 bits per heavy atom. The molecule has 0 aliphatic heterocycles. The molecule has 4 atom stereocenters. The molecule has 0 aliphatic rings. The fourth-order valence-electron chi connectivity index (χ4n) is 3.54. The second-order valence-electron chi connectivity index (χ2n) is 8.90. The highest BCUT2D eigenvalue weighted by Crippen LogP contribution is 2.17. The van der Waals surface area contributed by atoms with Crippen LogP contribution in [0.1, 0.15) is 71.4 Å². The number of hydrogen-bond acceptors (Lipinski definition) is 7. The van der Waals surface area contributed by atoms with Crippen molar-refractivity contribution < 1.29 is 41.1 Å². The van der Waals surface area contributed by atoms with Gasteiger partial charge in [-0.3, -0.25) is 24.2 Å². The SMILES string of the molecule is [2H]c1c([2H])c([2H])c(C([2H])([2H])[C@]([2H])(CC(=O)[C@@H](CCCN=C(N)N)NC(=O)[C@@H](N)Cc2ccccc2)C(=O)N[C@H](C(N)=O)C([2H])([2H])C([2H])([2H])C([2H])([2H])C([2H])([2H])N)c([2H])c1[2H]. The molecule has 0 unspecified atom stereocenters. The fraction of sp³-hybridized carbons (Fsp3) is 0.452. The standard InChI is InChI=1S/C31H46N8O4/c32-16-8-7-14-26(28(34)41)39-29(42)23(18-21-10-3-1-4-11-21)20-27(40)25(15-9-17-37-31(35)36)38-30(43)24(33)19-22-12-5-2-6-13-22/h1-6,10-13,23-26H,7-9,14-20,32-33H2,(H2,34,41)(H,38,43)(H,39,42)(H4,35,36,37)/t23-,24+,25-,26+/m1/s1/i1D,3D,4D,7D2,8D2,10D,11D,14D2,16D2,18D2,23D. The fourth-order valence-corrected chi connectivity index (χ4v) is 3.54. The van der Waals surface area contributed by atoms with Gasteiger partial charge in [-0.25, -0.2) is 0 Å². The molecule has 234 valence electrons. The number of hydrogen-bond donors (Lipinski definition) is 7. The van der Waals surface area contributed by atoms with E-state index in [0.29, 0.717) is 5.56 Å². The molecule has 0 spiro atoms. The third-order valence-corrected chi connectivity index (χ3v) is 5.60. The molecule has 0 fully saturated rings. The van der Waals surface area contributed by atoms with Gasteiger partial charge in [0.2, 0.25) is 17.7 Å². The van der Waals surface area contributed by atoms with E-state index < -0.39 is 122 Å². The highest BCUT2D eigenvalue weighted by atomic mass is 16.2. The van der Waals surface area contributed by atoms with E-state index in [9.17, 15) is 20.5 Å². The third kappa shape index (κ3) is 13.5. The van der Waals surface area contributed by atoms with E-state index in [0.717, 1.165) is 0 Å². The van der Waals surface area contributed by atoms with Gasteiger partial charge in [0.05, 0.1) is 18.9 Å². The molecule has 2 aromatic carbocycles. The Labute approximate surface area is 275 Å². The van der Waals surface area contributed by atoms with Gasteiger partial charge in [-0.15, -0.1) is 0 Å². The van der Waals surface area contributed by atoms with E-state index in [2.05, 4.69) is 10.3 Å². The molecule has 0 saturated carbocycles. The quantitative estimate of drug-likeness (QED) is 0.0611. The highest BCUT2D eigenvalue weighted by molar-refractivity contribution is 5.94. The summed E-state index contributed by atoms with van der Waals surface area (Å²) in [7, 11) is 0. The molecule has 0 heterocycles. The number of aliphatic imine (C=N–C) groups is 1. The maximum absolute atomic E-state index is 14.3. The Kier molecular flexibility index (Phi) is 7.84. The molecule has 0 radical (unpaired) electrons. The van der Waals surface area contributed by atoms with Crippen molar-refractivity contribution in [1.82, 2.24) is 10.6 Å². The van der Waals surface area contributed by atoms with Crippen molar-refractivity contribution in [3.8, 4) is 0 Å². The lowest BCUT2D eigenvalue weighted by Gasteiger charge is -2.24. The summed E-state index contributed by atoms with van der Waals surface area (Å²) in [5.74, 6) is -10.6. The molecule has 12 N–H and O–H groups in total. The maximum atomic E-state index is 14.3. The van der Waals surface area contributed by atoms with Crippen LogP contribution in [0.5, 0.6) is 0 Å². The number of ketones is 1. The molecule has 12 heteroatoms. The Balaban J connectivity index is 2.84. The molecule has 0 aromatic heterocycles. The molecule has 0 saturated heterocycles. The van der Waals surface area contributed by atoms with Crippen molar-refractivity contribution in [2.75, 3.05) is 13.0 Å². The Morgan fingerprint density at radius 2 is 1.60 bits per heavy atom.